The number of fused-ring (bicyclic) bond motifs is 1. The van der Waals surface area contributed by atoms with Gasteiger partial charge in [0, 0.05) is 12.6 Å². The molecule has 0 fully saturated rings. The molecular formula is C16H16N2O5S. The lowest BCUT2D eigenvalue weighted by Crippen LogP contribution is -2.23. The van der Waals surface area contributed by atoms with Crippen molar-refractivity contribution < 1.29 is 22.3 Å². The first-order chi connectivity index (χ1) is 11.5. The number of ether oxygens (including phenoxy) is 2. The van der Waals surface area contributed by atoms with Crippen LogP contribution in [0.5, 0.6) is 11.5 Å². The summed E-state index contributed by atoms with van der Waals surface area (Å²) in [7, 11) is -0.745. The van der Waals surface area contributed by atoms with E-state index in [1.807, 2.05) is 0 Å². The van der Waals surface area contributed by atoms with E-state index in [4.69, 9.17) is 13.9 Å². The first-order valence-electron chi connectivity index (χ1n) is 7.07. The number of aromatic nitrogens is 1. The highest BCUT2D eigenvalue weighted by Crippen LogP contribution is 2.29. The van der Waals surface area contributed by atoms with E-state index in [1.54, 1.807) is 24.3 Å². The standard InChI is InChI=1S/C16H16N2O5S/c1-21-14-6-4-12(8-16(14)22-2)24(19,20)18-9-11-3-5-13-15(7-11)23-10-17-13/h3-8,10,18H,9H2,1-2H3. The molecular weight excluding hydrogens is 332 g/mol. The van der Waals surface area contributed by atoms with Crippen LogP contribution < -0.4 is 14.2 Å². The van der Waals surface area contributed by atoms with Gasteiger partial charge in [0.05, 0.1) is 19.1 Å². The van der Waals surface area contributed by atoms with Gasteiger partial charge in [-0.25, -0.2) is 18.1 Å². The van der Waals surface area contributed by atoms with Crippen molar-refractivity contribution in [2.75, 3.05) is 14.2 Å². The predicted molar refractivity (Wildman–Crippen MR) is 87.6 cm³/mol. The normalized spacial score (nSPS) is 11.6. The Morgan fingerprint density at radius 3 is 2.62 bits per heavy atom. The second-order valence-corrected chi connectivity index (χ2v) is 6.76. The van der Waals surface area contributed by atoms with Crippen molar-refractivity contribution >= 4 is 21.1 Å². The number of hydrogen-bond donors (Lipinski definition) is 1. The van der Waals surface area contributed by atoms with Gasteiger partial charge < -0.3 is 13.9 Å². The van der Waals surface area contributed by atoms with Crippen LogP contribution in [0.3, 0.4) is 0 Å². The molecule has 0 saturated heterocycles. The van der Waals surface area contributed by atoms with Gasteiger partial charge in [-0.1, -0.05) is 6.07 Å². The summed E-state index contributed by atoms with van der Waals surface area (Å²) < 4.78 is 42.9. The molecule has 1 aromatic heterocycles. The molecule has 1 heterocycles. The van der Waals surface area contributed by atoms with E-state index in [1.165, 1.54) is 32.7 Å². The van der Waals surface area contributed by atoms with Crippen molar-refractivity contribution in [2.24, 2.45) is 0 Å². The van der Waals surface area contributed by atoms with Gasteiger partial charge in [0.2, 0.25) is 10.0 Å². The van der Waals surface area contributed by atoms with Crippen molar-refractivity contribution in [3.8, 4) is 11.5 Å². The largest absolute Gasteiger partial charge is 0.493 e. The van der Waals surface area contributed by atoms with Crippen LogP contribution in [0, 0.1) is 0 Å². The van der Waals surface area contributed by atoms with Crippen LogP contribution in [-0.2, 0) is 16.6 Å². The third kappa shape index (κ3) is 3.19. The van der Waals surface area contributed by atoms with Gasteiger partial charge in [-0.2, -0.15) is 0 Å². The van der Waals surface area contributed by atoms with E-state index in [2.05, 4.69) is 9.71 Å². The zero-order valence-electron chi connectivity index (χ0n) is 13.1. The van der Waals surface area contributed by atoms with Gasteiger partial charge in [0.25, 0.3) is 0 Å². The summed E-state index contributed by atoms with van der Waals surface area (Å²) in [5, 5.41) is 0. The van der Waals surface area contributed by atoms with Crippen LogP contribution in [-0.4, -0.2) is 27.6 Å². The number of nitrogens with one attached hydrogen (secondary N) is 1. The number of oxazole rings is 1. The maximum atomic E-state index is 12.4. The fourth-order valence-corrected chi connectivity index (χ4v) is 3.29. The second-order valence-electron chi connectivity index (χ2n) is 5.00. The molecule has 3 rings (SSSR count). The fourth-order valence-electron chi connectivity index (χ4n) is 2.25. The summed E-state index contributed by atoms with van der Waals surface area (Å²) in [5.74, 6) is 0.815. The van der Waals surface area contributed by atoms with Gasteiger partial charge in [-0.3, -0.25) is 0 Å². The number of rotatable bonds is 6. The van der Waals surface area contributed by atoms with Crippen molar-refractivity contribution in [3.63, 3.8) is 0 Å². The number of sulfonamides is 1. The Hall–Kier alpha value is -2.58. The monoisotopic (exact) mass is 348 g/mol. The van der Waals surface area contributed by atoms with Crippen molar-refractivity contribution in [2.45, 2.75) is 11.4 Å². The van der Waals surface area contributed by atoms with E-state index in [9.17, 15) is 8.42 Å². The molecule has 0 aliphatic rings. The lowest BCUT2D eigenvalue weighted by atomic mass is 10.2. The van der Waals surface area contributed by atoms with E-state index in [-0.39, 0.29) is 11.4 Å². The average Bonchev–Trinajstić information content (AvgIpc) is 3.07. The molecule has 0 saturated carbocycles. The number of benzene rings is 2. The molecule has 0 radical (unpaired) electrons. The van der Waals surface area contributed by atoms with Gasteiger partial charge in [0.1, 0.15) is 5.52 Å². The molecule has 2 aromatic carbocycles. The minimum absolute atomic E-state index is 0.0980. The Kier molecular flexibility index (Phi) is 4.41. The summed E-state index contributed by atoms with van der Waals surface area (Å²) in [5.41, 5.74) is 2.10. The quantitative estimate of drug-likeness (QED) is 0.735. The molecule has 0 unspecified atom stereocenters. The van der Waals surface area contributed by atoms with Gasteiger partial charge in [-0.05, 0) is 29.8 Å². The topological polar surface area (TPSA) is 90.7 Å². The second kappa shape index (κ2) is 6.50. The van der Waals surface area contributed by atoms with Crippen molar-refractivity contribution in [1.82, 2.24) is 9.71 Å². The molecule has 24 heavy (non-hydrogen) atoms. The van der Waals surface area contributed by atoms with Gasteiger partial charge in [0.15, 0.2) is 23.5 Å². The molecule has 1 N–H and O–H groups in total. The van der Waals surface area contributed by atoms with Crippen molar-refractivity contribution in [1.29, 1.82) is 0 Å². The van der Waals surface area contributed by atoms with Crippen LogP contribution in [0.25, 0.3) is 11.1 Å². The minimum Gasteiger partial charge on any atom is -0.493 e. The van der Waals surface area contributed by atoms with Crippen LogP contribution in [0.1, 0.15) is 5.56 Å². The molecule has 7 nitrogen and oxygen atoms in total. The molecule has 8 heteroatoms. The molecule has 126 valence electrons. The highest BCUT2D eigenvalue weighted by Gasteiger charge is 2.17. The summed E-state index contributed by atoms with van der Waals surface area (Å²) in [6.07, 6.45) is 1.35. The number of hydrogen-bond acceptors (Lipinski definition) is 6. The fraction of sp³-hybridized carbons (Fsp3) is 0.188. The van der Waals surface area contributed by atoms with E-state index in [0.29, 0.717) is 17.1 Å². The molecule has 0 atom stereocenters. The highest BCUT2D eigenvalue weighted by atomic mass is 32.2. The summed E-state index contributed by atoms with van der Waals surface area (Å²) >= 11 is 0. The molecule has 0 spiro atoms. The molecule has 0 amide bonds. The van der Waals surface area contributed by atoms with E-state index < -0.39 is 10.0 Å². The van der Waals surface area contributed by atoms with E-state index >= 15 is 0 Å². The third-order valence-electron chi connectivity index (χ3n) is 3.53. The minimum atomic E-state index is -3.69. The molecule has 0 aliphatic carbocycles. The SMILES string of the molecule is COc1ccc(S(=O)(=O)NCc2ccc3ncoc3c2)cc1OC. The maximum absolute atomic E-state index is 12.4. The summed E-state index contributed by atoms with van der Waals surface area (Å²) in [6.45, 7) is 0.132. The number of nitrogens with zero attached hydrogens (tertiary/aromatic N) is 1. The average molecular weight is 348 g/mol. The third-order valence-corrected chi connectivity index (χ3v) is 4.93. The lowest BCUT2D eigenvalue weighted by molar-refractivity contribution is 0.354. The Labute approximate surface area is 139 Å². The first-order valence-corrected chi connectivity index (χ1v) is 8.55. The number of methoxy groups -OCH3 is 2. The molecule has 3 aromatic rings. The van der Waals surface area contributed by atoms with Gasteiger partial charge >= 0.3 is 0 Å². The first kappa shape index (κ1) is 16.3. The van der Waals surface area contributed by atoms with Crippen LogP contribution in [0.2, 0.25) is 0 Å². The van der Waals surface area contributed by atoms with E-state index in [0.717, 1.165) is 11.1 Å². The Bertz CT molecular complexity index is 966. The Balaban J connectivity index is 1.80. The Morgan fingerprint density at radius 2 is 1.88 bits per heavy atom. The zero-order chi connectivity index (χ0) is 17.2. The van der Waals surface area contributed by atoms with Crippen LogP contribution in [0.4, 0.5) is 0 Å². The smallest absolute Gasteiger partial charge is 0.241 e. The van der Waals surface area contributed by atoms with Gasteiger partial charge in [-0.15, -0.1) is 0 Å². The van der Waals surface area contributed by atoms with Crippen LogP contribution in [0.15, 0.2) is 52.1 Å². The predicted octanol–water partition coefficient (Wildman–Crippen LogP) is 2.32. The zero-order valence-corrected chi connectivity index (χ0v) is 14.0. The Morgan fingerprint density at radius 1 is 1.08 bits per heavy atom. The summed E-state index contributed by atoms with van der Waals surface area (Å²) in [6, 6.07) is 9.75. The van der Waals surface area contributed by atoms with Crippen LogP contribution >= 0.6 is 0 Å². The maximum Gasteiger partial charge on any atom is 0.241 e. The molecule has 0 aliphatic heterocycles. The summed E-state index contributed by atoms with van der Waals surface area (Å²) in [4.78, 5) is 4.12. The highest BCUT2D eigenvalue weighted by molar-refractivity contribution is 7.89. The molecule has 0 bridgehead atoms. The van der Waals surface area contributed by atoms with Crippen molar-refractivity contribution in [3.05, 3.63) is 48.4 Å². The lowest BCUT2D eigenvalue weighted by Gasteiger charge is -2.11.